The summed E-state index contributed by atoms with van der Waals surface area (Å²) in [4.78, 5) is 25.6. The highest BCUT2D eigenvalue weighted by molar-refractivity contribution is 5.82. The Labute approximate surface area is 108 Å². The maximum Gasteiger partial charge on any atom is 0.309 e. The smallest absolute Gasteiger partial charge is 0.309 e. The summed E-state index contributed by atoms with van der Waals surface area (Å²) >= 11 is 0. The molecule has 1 amide bonds. The van der Waals surface area contributed by atoms with Crippen LogP contribution in [0.1, 0.15) is 32.6 Å². The highest BCUT2D eigenvalue weighted by Crippen LogP contribution is 2.22. The average Bonchev–Trinajstić information content (AvgIpc) is 3.20. The van der Waals surface area contributed by atoms with Gasteiger partial charge in [-0.05, 0) is 39.2 Å². The van der Waals surface area contributed by atoms with Crippen LogP contribution in [0.25, 0.3) is 0 Å². The van der Waals surface area contributed by atoms with Gasteiger partial charge in [-0.1, -0.05) is 0 Å². The number of likely N-dealkylation sites (tertiary alicyclic amines) is 1. The van der Waals surface area contributed by atoms with E-state index < -0.39 is 0 Å². The number of hydrogen-bond acceptors (Lipinski definition) is 4. The number of nitrogens with one attached hydrogen (secondary N) is 1. The van der Waals surface area contributed by atoms with Crippen molar-refractivity contribution in [2.24, 2.45) is 5.92 Å². The first kappa shape index (κ1) is 13.3. The predicted molar refractivity (Wildman–Crippen MR) is 66.9 cm³/mol. The van der Waals surface area contributed by atoms with Gasteiger partial charge in [0.05, 0.1) is 19.1 Å². The van der Waals surface area contributed by atoms with Crippen LogP contribution in [0.3, 0.4) is 0 Å². The number of carbonyl (C=O) groups excluding carboxylic acids is 2. The second kappa shape index (κ2) is 5.69. The van der Waals surface area contributed by atoms with Gasteiger partial charge in [-0.25, -0.2) is 0 Å². The number of hydrogen-bond donors (Lipinski definition) is 1. The molecule has 2 rings (SSSR count). The first-order valence-electron chi connectivity index (χ1n) is 6.74. The largest absolute Gasteiger partial charge is 0.469 e. The topological polar surface area (TPSA) is 58.6 Å². The fraction of sp³-hybridized carbons (Fsp3) is 0.846. The molecule has 5 heteroatoms. The molecular weight excluding hydrogens is 232 g/mol. The van der Waals surface area contributed by atoms with Gasteiger partial charge in [-0.3, -0.25) is 14.5 Å². The molecule has 1 N–H and O–H groups in total. The Balaban J connectivity index is 1.86. The van der Waals surface area contributed by atoms with Gasteiger partial charge in [0.2, 0.25) is 5.91 Å². The summed E-state index contributed by atoms with van der Waals surface area (Å²) < 4.78 is 4.79. The van der Waals surface area contributed by atoms with Crippen molar-refractivity contribution in [3.63, 3.8) is 0 Å². The standard InChI is InChI=1S/C13H22N2O3/c1-9(12(16)14-11-5-6-11)15-7-3-4-10(8-15)13(17)18-2/h9-11H,3-8H2,1-2H3,(H,14,16). The highest BCUT2D eigenvalue weighted by atomic mass is 16.5. The zero-order chi connectivity index (χ0) is 13.1. The number of nitrogens with zero attached hydrogens (tertiary/aromatic N) is 1. The van der Waals surface area contributed by atoms with Crippen LogP contribution in [-0.2, 0) is 14.3 Å². The van der Waals surface area contributed by atoms with E-state index in [0.29, 0.717) is 12.6 Å². The minimum absolute atomic E-state index is 0.0834. The third-order valence-corrected chi connectivity index (χ3v) is 3.84. The van der Waals surface area contributed by atoms with Crippen molar-refractivity contribution < 1.29 is 14.3 Å². The molecule has 0 aromatic heterocycles. The molecule has 0 radical (unpaired) electrons. The molecule has 2 aliphatic rings. The van der Waals surface area contributed by atoms with Crippen LogP contribution in [0.15, 0.2) is 0 Å². The Bertz CT molecular complexity index is 328. The van der Waals surface area contributed by atoms with Crippen molar-refractivity contribution in [2.75, 3.05) is 20.2 Å². The summed E-state index contributed by atoms with van der Waals surface area (Å²) in [6.45, 7) is 3.43. The number of amides is 1. The van der Waals surface area contributed by atoms with Gasteiger partial charge in [-0.2, -0.15) is 0 Å². The van der Waals surface area contributed by atoms with E-state index in [9.17, 15) is 9.59 Å². The monoisotopic (exact) mass is 254 g/mol. The van der Waals surface area contributed by atoms with Gasteiger partial charge in [0.15, 0.2) is 0 Å². The molecule has 1 saturated carbocycles. The van der Waals surface area contributed by atoms with Crippen LogP contribution in [0.5, 0.6) is 0 Å². The number of methoxy groups -OCH3 is 1. The van der Waals surface area contributed by atoms with Gasteiger partial charge in [0.1, 0.15) is 0 Å². The summed E-state index contributed by atoms with van der Waals surface area (Å²) in [5.74, 6) is -0.155. The van der Waals surface area contributed by atoms with Crippen LogP contribution in [0.4, 0.5) is 0 Å². The Hall–Kier alpha value is -1.10. The van der Waals surface area contributed by atoms with Gasteiger partial charge >= 0.3 is 5.97 Å². The van der Waals surface area contributed by atoms with Crippen molar-refractivity contribution in [1.82, 2.24) is 10.2 Å². The summed E-state index contributed by atoms with van der Waals surface area (Å²) in [7, 11) is 1.42. The lowest BCUT2D eigenvalue weighted by Crippen LogP contribution is -2.50. The molecule has 1 aliphatic heterocycles. The molecule has 102 valence electrons. The van der Waals surface area contributed by atoms with E-state index in [2.05, 4.69) is 10.2 Å². The predicted octanol–water partition coefficient (Wildman–Crippen LogP) is 0.539. The van der Waals surface area contributed by atoms with Gasteiger partial charge < -0.3 is 10.1 Å². The second-order valence-corrected chi connectivity index (χ2v) is 5.32. The van der Waals surface area contributed by atoms with Crippen molar-refractivity contribution in [3.8, 4) is 0 Å². The van der Waals surface area contributed by atoms with E-state index in [4.69, 9.17) is 4.74 Å². The van der Waals surface area contributed by atoms with E-state index in [-0.39, 0.29) is 23.8 Å². The average molecular weight is 254 g/mol. The highest BCUT2D eigenvalue weighted by Gasteiger charge is 2.33. The number of rotatable bonds is 4. The summed E-state index contributed by atoms with van der Waals surface area (Å²) in [5.41, 5.74) is 0. The lowest BCUT2D eigenvalue weighted by Gasteiger charge is -2.34. The molecule has 2 unspecified atom stereocenters. The normalized spacial score (nSPS) is 26.4. The molecule has 5 nitrogen and oxygen atoms in total. The first-order valence-corrected chi connectivity index (χ1v) is 6.74. The maximum atomic E-state index is 12.0. The minimum atomic E-state index is -0.158. The van der Waals surface area contributed by atoms with Crippen LogP contribution in [0.2, 0.25) is 0 Å². The molecular formula is C13H22N2O3. The number of ether oxygens (including phenoxy) is 1. The second-order valence-electron chi connectivity index (χ2n) is 5.32. The SMILES string of the molecule is COC(=O)C1CCCN(C(C)C(=O)NC2CC2)C1. The lowest BCUT2D eigenvalue weighted by molar-refractivity contribution is -0.148. The molecule has 18 heavy (non-hydrogen) atoms. The zero-order valence-electron chi connectivity index (χ0n) is 11.1. The van der Waals surface area contributed by atoms with E-state index in [0.717, 1.165) is 32.2 Å². The van der Waals surface area contributed by atoms with E-state index >= 15 is 0 Å². The number of piperidine rings is 1. The van der Waals surface area contributed by atoms with E-state index in [1.807, 2.05) is 6.92 Å². The fourth-order valence-electron chi connectivity index (χ4n) is 2.43. The van der Waals surface area contributed by atoms with Crippen LogP contribution >= 0.6 is 0 Å². The summed E-state index contributed by atoms with van der Waals surface area (Å²) in [5, 5.41) is 3.01. The van der Waals surface area contributed by atoms with Crippen LogP contribution in [-0.4, -0.2) is 49.1 Å². The quantitative estimate of drug-likeness (QED) is 0.744. The number of esters is 1. The molecule has 0 aromatic rings. The zero-order valence-corrected chi connectivity index (χ0v) is 11.1. The van der Waals surface area contributed by atoms with E-state index in [1.54, 1.807) is 0 Å². The van der Waals surface area contributed by atoms with Crippen molar-refractivity contribution >= 4 is 11.9 Å². The molecule has 2 atom stereocenters. The fourth-order valence-corrected chi connectivity index (χ4v) is 2.43. The van der Waals surface area contributed by atoms with E-state index in [1.165, 1.54) is 7.11 Å². The van der Waals surface area contributed by atoms with Crippen molar-refractivity contribution in [3.05, 3.63) is 0 Å². The Morgan fingerprint density at radius 1 is 1.33 bits per heavy atom. The van der Waals surface area contributed by atoms with Crippen molar-refractivity contribution in [2.45, 2.75) is 44.7 Å². The molecule has 0 aromatic carbocycles. The van der Waals surface area contributed by atoms with Crippen LogP contribution in [0, 0.1) is 5.92 Å². The summed E-state index contributed by atoms with van der Waals surface area (Å²) in [6, 6.07) is 0.235. The third kappa shape index (κ3) is 3.22. The minimum Gasteiger partial charge on any atom is -0.469 e. The molecule has 1 saturated heterocycles. The molecule has 1 aliphatic carbocycles. The van der Waals surface area contributed by atoms with Gasteiger partial charge in [0.25, 0.3) is 0 Å². The molecule has 1 heterocycles. The van der Waals surface area contributed by atoms with Gasteiger partial charge in [0, 0.05) is 12.6 Å². The molecule has 0 bridgehead atoms. The Morgan fingerprint density at radius 3 is 2.67 bits per heavy atom. The molecule has 0 spiro atoms. The Kier molecular flexibility index (Phi) is 4.22. The lowest BCUT2D eigenvalue weighted by atomic mass is 9.97. The first-order chi connectivity index (χ1) is 8.61. The van der Waals surface area contributed by atoms with Gasteiger partial charge in [-0.15, -0.1) is 0 Å². The van der Waals surface area contributed by atoms with Crippen LogP contribution < -0.4 is 5.32 Å². The third-order valence-electron chi connectivity index (χ3n) is 3.84. The Morgan fingerprint density at radius 2 is 2.06 bits per heavy atom. The molecule has 2 fully saturated rings. The maximum absolute atomic E-state index is 12.0. The number of carbonyl (C=O) groups is 2. The van der Waals surface area contributed by atoms with Crippen molar-refractivity contribution in [1.29, 1.82) is 0 Å². The summed E-state index contributed by atoms with van der Waals surface area (Å²) in [6.07, 6.45) is 4.01.